The van der Waals surface area contributed by atoms with Gasteiger partial charge in [0.25, 0.3) is 0 Å². The average molecular weight is 398 g/mol. The molecule has 6 nitrogen and oxygen atoms in total. The number of hydrogen-bond donors (Lipinski definition) is 1. The second-order valence-electron chi connectivity index (χ2n) is 7.29. The molecule has 0 fully saturated rings. The molecule has 0 aliphatic carbocycles. The van der Waals surface area contributed by atoms with Crippen LogP contribution in [-0.2, 0) is 17.7 Å². The van der Waals surface area contributed by atoms with Gasteiger partial charge in [-0.15, -0.1) is 0 Å². The van der Waals surface area contributed by atoms with Crippen LogP contribution in [0.2, 0.25) is 0 Å². The molecule has 1 heterocycles. The smallest absolute Gasteiger partial charge is 0.217 e. The minimum absolute atomic E-state index is 0.182. The van der Waals surface area contributed by atoms with Crippen LogP contribution in [0.5, 0.6) is 0 Å². The van der Waals surface area contributed by atoms with Crippen LogP contribution in [0.1, 0.15) is 28.4 Å². The van der Waals surface area contributed by atoms with Gasteiger partial charge in [-0.25, -0.2) is 4.99 Å². The molecule has 0 saturated carbocycles. The van der Waals surface area contributed by atoms with Gasteiger partial charge in [0.1, 0.15) is 5.54 Å². The molecule has 6 heteroatoms. The van der Waals surface area contributed by atoms with E-state index in [0.717, 1.165) is 22.3 Å². The first-order chi connectivity index (χ1) is 14.8. The van der Waals surface area contributed by atoms with Crippen LogP contribution in [0.4, 0.5) is 0 Å². The van der Waals surface area contributed by atoms with Crippen molar-refractivity contribution in [2.45, 2.75) is 24.6 Å². The molecule has 2 atom stereocenters. The third kappa shape index (κ3) is 3.92. The molecule has 30 heavy (non-hydrogen) atoms. The van der Waals surface area contributed by atoms with Gasteiger partial charge < -0.3 is 9.84 Å². The van der Waals surface area contributed by atoms with E-state index in [2.05, 4.69) is 10.0 Å². The number of nitrogens with zero attached hydrogens (tertiary/aromatic N) is 4. The van der Waals surface area contributed by atoms with Crippen molar-refractivity contribution in [3.63, 3.8) is 0 Å². The topological polar surface area (TPSA) is 90.6 Å². The molecule has 0 amide bonds. The first-order valence-corrected chi connectivity index (χ1v) is 9.81. The second kappa shape index (κ2) is 8.82. The molecule has 0 radical (unpaired) electrons. The lowest BCUT2D eigenvalue weighted by Crippen LogP contribution is -2.39. The fourth-order valence-corrected chi connectivity index (χ4v) is 3.87. The third-order valence-corrected chi connectivity index (χ3v) is 5.33. The van der Waals surface area contributed by atoms with Crippen molar-refractivity contribution < 1.29 is 9.84 Å². The Morgan fingerprint density at radius 1 is 0.967 bits per heavy atom. The number of aliphatic hydroxyl groups excluding tert-OH is 1. The predicted molar refractivity (Wildman–Crippen MR) is 116 cm³/mol. The number of aliphatic imine (C=N–C) groups is 1. The lowest BCUT2D eigenvalue weighted by atomic mass is 9.82. The average Bonchev–Trinajstić information content (AvgIpc) is 3.18. The van der Waals surface area contributed by atoms with Crippen molar-refractivity contribution in [1.82, 2.24) is 0 Å². The number of ether oxygens (including phenoxy) is 1. The van der Waals surface area contributed by atoms with Crippen LogP contribution in [0.25, 0.3) is 10.4 Å². The summed E-state index contributed by atoms with van der Waals surface area (Å²) < 4.78 is 6.39. The number of hydrogen-bond acceptors (Lipinski definition) is 4. The molecular weight excluding hydrogens is 376 g/mol. The Labute approximate surface area is 175 Å². The Kier molecular flexibility index (Phi) is 5.80. The molecule has 3 aromatic rings. The number of aliphatic hydroxyl groups is 1. The lowest BCUT2D eigenvalue weighted by Gasteiger charge is -2.31. The van der Waals surface area contributed by atoms with Gasteiger partial charge in [-0.2, -0.15) is 0 Å². The van der Waals surface area contributed by atoms with Crippen LogP contribution < -0.4 is 0 Å². The molecular formula is C24H22N4O2. The van der Waals surface area contributed by atoms with E-state index >= 15 is 0 Å². The van der Waals surface area contributed by atoms with Crippen LogP contribution in [0.15, 0.2) is 95.0 Å². The van der Waals surface area contributed by atoms with Crippen LogP contribution in [0, 0.1) is 0 Å². The van der Waals surface area contributed by atoms with E-state index in [1.165, 1.54) is 0 Å². The highest BCUT2D eigenvalue weighted by molar-refractivity contribution is 5.95. The van der Waals surface area contributed by atoms with Gasteiger partial charge >= 0.3 is 0 Å². The Morgan fingerprint density at radius 3 is 2.33 bits per heavy atom. The van der Waals surface area contributed by atoms with E-state index in [4.69, 9.17) is 15.3 Å². The first-order valence-electron chi connectivity index (χ1n) is 9.81. The monoisotopic (exact) mass is 398 g/mol. The fourth-order valence-electron chi connectivity index (χ4n) is 3.87. The first kappa shape index (κ1) is 19.7. The molecule has 0 saturated heterocycles. The molecule has 3 aromatic carbocycles. The van der Waals surface area contributed by atoms with E-state index in [1.807, 2.05) is 84.9 Å². The van der Waals surface area contributed by atoms with Gasteiger partial charge in [0.15, 0.2) is 6.10 Å². The van der Waals surface area contributed by atoms with Crippen LogP contribution in [0.3, 0.4) is 0 Å². The fraction of sp³-hybridized carbons (Fsp3) is 0.208. The van der Waals surface area contributed by atoms with Crippen LogP contribution >= 0.6 is 0 Å². The summed E-state index contributed by atoms with van der Waals surface area (Å²) in [7, 11) is 0. The zero-order valence-electron chi connectivity index (χ0n) is 16.4. The maximum atomic E-state index is 10.6. The standard InChI is InChI=1S/C24H22N4O2/c25-28-26-16-20-13-7-8-14-21(20)22-24(17-29,15-18-9-3-1-4-10-18)27-23(30-22)19-11-5-2-6-12-19/h1-14,22,29H,15-17H2/t22-,24+/m0/s1. The maximum Gasteiger partial charge on any atom is 0.217 e. The van der Waals surface area contributed by atoms with Crippen molar-refractivity contribution in [2.75, 3.05) is 6.61 Å². The predicted octanol–water partition coefficient (Wildman–Crippen LogP) is 4.99. The molecule has 0 unspecified atom stereocenters. The molecule has 0 aromatic heterocycles. The molecule has 1 aliphatic rings. The summed E-state index contributed by atoms with van der Waals surface area (Å²) in [5.74, 6) is 0.504. The molecule has 4 rings (SSSR count). The SMILES string of the molecule is [N-]=[N+]=NCc1ccccc1[C@@H]1OC(c2ccccc2)=N[C@@]1(CO)Cc1ccccc1. The van der Waals surface area contributed by atoms with Crippen molar-refractivity contribution in [2.24, 2.45) is 10.1 Å². The highest BCUT2D eigenvalue weighted by Gasteiger charge is 2.47. The second-order valence-corrected chi connectivity index (χ2v) is 7.29. The van der Waals surface area contributed by atoms with Crippen LogP contribution in [-0.4, -0.2) is 23.2 Å². The zero-order chi connectivity index (χ0) is 20.8. The van der Waals surface area contributed by atoms with E-state index in [0.29, 0.717) is 12.3 Å². The van der Waals surface area contributed by atoms with Gasteiger partial charge in [-0.1, -0.05) is 77.9 Å². The van der Waals surface area contributed by atoms with Gasteiger partial charge in [-0.05, 0) is 34.4 Å². The lowest BCUT2D eigenvalue weighted by molar-refractivity contribution is 0.0837. The minimum Gasteiger partial charge on any atom is -0.467 e. The van der Waals surface area contributed by atoms with Crippen molar-refractivity contribution in [3.8, 4) is 0 Å². The van der Waals surface area contributed by atoms with Crippen molar-refractivity contribution in [1.29, 1.82) is 0 Å². The third-order valence-electron chi connectivity index (χ3n) is 5.33. The summed E-state index contributed by atoms with van der Waals surface area (Å²) in [6.45, 7) is 0.0266. The summed E-state index contributed by atoms with van der Waals surface area (Å²) in [5, 5.41) is 14.3. The molecule has 0 bridgehead atoms. The van der Waals surface area contributed by atoms with Gasteiger partial charge in [0, 0.05) is 16.9 Å². The zero-order valence-corrected chi connectivity index (χ0v) is 16.4. The molecule has 1 N–H and O–H groups in total. The summed E-state index contributed by atoms with van der Waals surface area (Å²) in [6.07, 6.45) is 0.00397. The summed E-state index contributed by atoms with van der Waals surface area (Å²) in [6, 6.07) is 27.3. The Hall–Kier alpha value is -3.60. The molecule has 150 valence electrons. The maximum absolute atomic E-state index is 10.6. The Bertz CT molecular complexity index is 1080. The number of rotatable bonds is 7. The van der Waals surface area contributed by atoms with E-state index in [1.54, 1.807) is 0 Å². The van der Waals surface area contributed by atoms with E-state index in [9.17, 15) is 5.11 Å². The minimum atomic E-state index is -0.890. The normalized spacial score (nSPS) is 20.2. The van der Waals surface area contributed by atoms with Crippen molar-refractivity contribution in [3.05, 3.63) is 118 Å². The van der Waals surface area contributed by atoms with Gasteiger partial charge in [0.2, 0.25) is 5.90 Å². The van der Waals surface area contributed by atoms with E-state index in [-0.39, 0.29) is 13.2 Å². The number of azide groups is 1. The summed E-state index contributed by atoms with van der Waals surface area (Å²) in [4.78, 5) is 7.82. The highest BCUT2D eigenvalue weighted by atomic mass is 16.5. The molecule has 1 aliphatic heterocycles. The Morgan fingerprint density at radius 2 is 1.63 bits per heavy atom. The van der Waals surface area contributed by atoms with Gasteiger partial charge in [0.05, 0.1) is 13.2 Å². The highest BCUT2D eigenvalue weighted by Crippen LogP contribution is 2.43. The van der Waals surface area contributed by atoms with E-state index < -0.39 is 11.6 Å². The summed E-state index contributed by atoms with van der Waals surface area (Å²) in [5.41, 5.74) is 11.5. The quantitative estimate of drug-likeness (QED) is 0.345. The van der Waals surface area contributed by atoms with Gasteiger partial charge in [-0.3, -0.25) is 0 Å². The Balaban J connectivity index is 1.81. The largest absolute Gasteiger partial charge is 0.467 e. The number of benzene rings is 3. The summed E-state index contributed by atoms with van der Waals surface area (Å²) >= 11 is 0. The molecule has 0 spiro atoms. The van der Waals surface area contributed by atoms with Crippen molar-refractivity contribution >= 4 is 5.90 Å².